The van der Waals surface area contributed by atoms with Crippen molar-refractivity contribution in [1.29, 1.82) is 0 Å². The Hall–Kier alpha value is -1.55. The standard InChI is InChI=1S/C16H21NO3/c18-15-3-1-2-12-6-7-13(8-14(12)15)20-10-16(19)17-9-11-4-5-11/h6-8,11,15,18H,1-5,9-10H2,(H,17,19)/t15-/m0/s1. The third kappa shape index (κ3) is 3.31. The lowest BCUT2D eigenvalue weighted by Crippen LogP contribution is -2.30. The molecular formula is C16H21NO3. The van der Waals surface area contributed by atoms with Crippen molar-refractivity contribution < 1.29 is 14.6 Å². The third-order valence-corrected chi connectivity index (χ3v) is 4.05. The minimum atomic E-state index is -0.397. The smallest absolute Gasteiger partial charge is 0.257 e. The highest BCUT2D eigenvalue weighted by molar-refractivity contribution is 5.77. The first-order valence-corrected chi connectivity index (χ1v) is 7.43. The van der Waals surface area contributed by atoms with Crippen molar-refractivity contribution in [2.45, 2.75) is 38.2 Å². The number of aliphatic hydroxyl groups is 1. The Balaban J connectivity index is 1.54. The second kappa shape index (κ2) is 5.83. The van der Waals surface area contributed by atoms with Gasteiger partial charge in [-0.2, -0.15) is 0 Å². The Morgan fingerprint density at radius 3 is 3.00 bits per heavy atom. The van der Waals surface area contributed by atoms with Crippen LogP contribution in [0.5, 0.6) is 5.75 Å². The van der Waals surface area contributed by atoms with Gasteiger partial charge >= 0.3 is 0 Å². The van der Waals surface area contributed by atoms with Crippen LogP contribution in [0.4, 0.5) is 0 Å². The molecule has 0 unspecified atom stereocenters. The van der Waals surface area contributed by atoms with E-state index in [-0.39, 0.29) is 12.5 Å². The van der Waals surface area contributed by atoms with Crippen LogP contribution < -0.4 is 10.1 Å². The number of carbonyl (C=O) groups excluding carboxylic acids is 1. The average Bonchev–Trinajstić information content (AvgIpc) is 3.28. The molecule has 0 spiro atoms. The maximum absolute atomic E-state index is 11.6. The molecule has 20 heavy (non-hydrogen) atoms. The zero-order chi connectivity index (χ0) is 13.9. The molecule has 1 aromatic carbocycles. The quantitative estimate of drug-likeness (QED) is 0.863. The van der Waals surface area contributed by atoms with E-state index in [0.29, 0.717) is 11.7 Å². The summed E-state index contributed by atoms with van der Waals surface area (Å²) in [5.41, 5.74) is 2.14. The van der Waals surface area contributed by atoms with Gasteiger partial charge in [-0.3, -0.25) is 4.79 Å². The predicted octanol–water partition coefficient (Wildman–Crippen LogP) is 1.96. The van der Waals surface area contributed by atoms with Crippen molar-refractivity contribution in [3.8, 4) is 5.75 Å². The fraction of sp³-hybridized carbons (Fsp3) is 0.562. The Bertz CT molecular complexity index is 496. The number of hydrogen-bond acceptors (Lipinski definition) is 3. The second-order valence-corrected chi connectivity index (χ2v) is 5.80. The first-order valence-electron chi connectivity index (χ1n) is 7.43. The number of aryl methyl sites for hydroxylation is 1. The van der Waals surface area contributed by atoms with Crippen molar-refractivity contribution >= 4 is 5.91 Å². The van der Waals surface area contributed by atoms with Gasteiger partial charge in [-0.15, -0.1) is 0 Å². The zero-order valence-electron chi connectivity index (χ0n) is 11.6. The first kappa shape index (κ1) is 13.4. The molecule has 4 heteroatoms. The van der Waals surface area contributed by atoms with Gasteiger partial charge in [-0.1, -0.05) is 6.07 Å². The molecule has 2 aliphatic carbocycles. The van der Waals surface area contributed by atoms with Gasteiger partial charge in [-0.25, -0.2) is 0 Å². The van der Waals surface area contributed by atoms with Gasteiger partial charge in [0.15, 0.2) is 6.61 Å². The summed E-state index contributed by atoms with van der Waals surface area (Å²) in [4.78, 5) is 11.6. The maximum Gasteiger partial charge on any atom is 0.257 e. The minimum absolute atomic E-state index is 0.0433. The maximum atomic E-state index is 11.6. The zero-order valence-corrected chi connectivity index (χ0v) is 11.6. The highest BCUT2D eigenvalue weighted by Crippen LogP contribution is 2.32. The van der Waals surface area contributed by atoms with Gasteiger partial charge in [-0.05, 0) is 61.3 Å². The fourth-order valence-electron chi connectivity index (χ4n) is 2.62. The summed E-state index contributed by atoms with van der Waals surface area (Å²) in [6.07, 6.45) is 4.89. The molecular weight excluding hydrogens is 254 g/mol. The van der Waals surface area contributed by atoms with Crippen molar-refractivity contribution in [2.75, 3.05) is 13.2 Å². The summed E-state index contributed by atoms with van der Waals surface area (Å²) >= 11 is 0. The molecule has 0 saturated heterocycles. The van der Waals surface area contributed by atoms with Crippen LogP contribution in [0.2, 0.25) is 0 Å². The molecule has 0 heterocycles. The number of nitrogens with one attached hydrogen (secondary N) is 1. The van der Waals surface area contributed by atoms with E-state index in [9.17, 15) is 9.90 Å². The van der Waals surface area contributed by atoms with E-state index < -0.39 is 6.10 Å². The molecule has 1 aromatic rings. The molecule has 0 aromatic heterocycles. The van der Waals surface area contributed by atoms with E-state index in [1.165, 1.54) is 18.4 Å². The van der Waals surface area contributed by atoms with Crippen molar-refractivity contribution in [1.82, 2.24) is 5.32 Å². The van der Waals surface area contributed by atoms with Crippen molar-refractivity contribution in [3.05, 3.63) is 29.3 Å². The highest BCUT2D eigenvalue weighted by Gasteiger charge is 2.22. The van der Waals surface area contributed by atoms with Crippen LogP contribution in [0, 0.1) is 5.92 Å². The van der Waals surface area contributed by atoms with E-state index in [2.05, 4.69) is 5.32 Å². The summed E-state index contributed by atoms with van der Waals surface area (Å²) < 4.78 is 5.51. The van der Waals surface area contributed by atoms with Crippen molar-refractivity contribution in [3.63, 3.8) is 0 Å². The monoisotopic (exact) mass is 275 g/mol. The molecule has 0 radical (unpaired) electrons. The van der Waals surface area contributed by atoms with E-state index in [4.69, 9.17) is 4.74 Å². The molecule has 0 aliphatic heterocycles. The van der Waals surface area contributed by atoms with Gasteiger partial charge in [0.05, 0.1) is 6.10 Å². The predicted molar refractivity (Wildman–Crippen MR) is 75.6 cm³/mol. The van der Waals surface area contributed by atoms with Crippen LogP contribution in [-0.4, -0.2) is 24.2 Å². The lowest BCUT2D eigenvalue weighted by atomic mass is 9.89. The summed E-state index contributed by atoms with van der Waals surface area (Å²) in [6, 6.07) is 5.74. The Morgan fingerprint density at radius 2 is 2.20 bits per heavy atom. The summed E-state index contributed by atoms with van der Waals surface area (Å²) in [6.45, 7) is 0.812. The fourth-order valence-corrected chi connectivity index (χ4v) is 2.62. The number of ether oxygens (including phenoxy) is 1. The average molecular weight is 275 g/mol. The number of rotatable bonds is 5. The first-order chi connectivity index (χ1) is 9.72. The van der Waals surface area contributed by atoms with Crippen LogP contribution >= 0.6 is 0 Å². The molecule has 1 atom stereocenters. The van der Waals surface area contributed by atoms with Crippen LogP contribution in [0.15, 0.2) is 18.2 Å². The van der Waals surface area contributed by atoms with Crippen molar-refractivity contribution in [2.24, 2.45) is 5.92 Å². The molecule has 2 aliphatic rings. The molecule has 4 nitrogen and oxygen atoms in total. The van der Waals surface area contributed by atoms with Crippen LogP contribution in [0.1, 0.15) is 42.9 Å². The van der Waals surface area contributed by atoms with Crippen LogP contribution in [-0.2, 0) is 11.2 Å². The number of fused-ring (bicyclic) bond motifs is 1. The minimum Gasteiger partial charge on any atom is -0.484 e. The SMILES string of the molecule is O=C(COc1ccc2c(c1)[C@@H](O)CCC2)NCC1CC1. The summed E-state index contributed by atoms with van der Waals surface area (Å²) in [5, 5.41) is 12.9. The van der Waals surface area contributed by atoms with E-state index >= 15 is 0 Å². The van der Waals surface area contributed by atoms with E-state index in [1.54, 1.807) is 0 Å². The number of benzene rings is 1. The lowest BCUT2D eigenvalue weighted by molar-refractivity contribution is -0.123. The molecule has 1 amide bonds. The number of carbonyl (C=O) groups is 1. The largest absolute Gasteiger partial charge is 0.484 e. The second-order valence-electron chi connectivity index (χ2n) is 5.80. The number of aliphatic hydroxyl groups excluding tert-OH is 1. The molecule has 2 N–H and O–H groups in total. The van der Waals surface area contributed by atoms with E-state index in [0.717, 1.165) is 31.4 Å². The molecule has 1 fully saturated rings. The van der Waals surface area contributed by atoms with Gasteiger partial charge in [0, 0.05) is 6.54 Å². The summed E-state index contributed by atoms with van der Waals surface area (Å²) in [7, 11) is 0. The molecule has 0 bridgehead atoms. The Kier molecular flexibility index (Phi) is 3.92. The number of amides is 1. The van der Waals surface area contributed by atoms with Gasteiger partial charge in [0.1, 0.15) is 5.75 Å². The normalized spacial score (nSPS) is 21.1. The molecule has 3 rings (SSSR count). The topological polar surface area (TPSA) is 58.6 Å². The Labute approximate surface area is 119 Å². The lowest BCUT2D eigenvalue weighted by Gasteiger charge is -2.21. The Morgan fingerprint density at radius 1 is 1.35 bits per heavy atom. The number of hydrogen-bond donors (Lipinski definition) is 2. The van der Waals surface area contributed by atoms with Gasteiger partial charge < -0.3 is 15.2 Å². The van der Waals surface area contributed by atoms with Gasteiger partial charge in [0.2, 0.25) is 0 Å². The third-order valence-electron chi connectivity index (χ3n) is 4.05. The van der Waals surface area contributed by atoms with Crippen LogP contribution in [0.3, 0.4) is 0 Å². The van der Waals surface area contributed by atoms with E-state index in [1.807, 2.05) is 18.2 Å². The molecule has 108 valence electrons. The van der Waals surface area contributed by atoms with Gasteiger partial charge in [0.25, 0.3) is 5.91 Å². The molecule has 1 saturated carbocycles. The highest BCUT2D eigenvalue weighted by atomic mass is 16.5. The summed E-state index contributed by atoms with van der Waals surface area (Å²) in [5.74, 6) is 1.26. The van der Waals surface area contributed by atoms with Crippen LogP contribution in [0.25, 0.3) is 0 Å².